The predicted molar refractivity (Wildman–Crippen MR) is 98.6 cm³/mol. The molecule has 0 amide bonds. The standard InChI is InChI=1S/C18H13BrN4O2/c1-12-21-18(23(24)25)17(19)22(12)11-13-7-9-14(10-8-13)15-5-3-4-6-16(15)20-2/h3-10H,11H2,1H3. The van der Waals surface area contributed by atoms with Crippen LogP contribution in [0.5, 0.6) is 0 Å². The third-order valence-electron chi connectivity index (χ3n) is 3.88. The molecule has 6 nitrogen and oxygen atoms in total. The molecule has 2 aromatic carbocycles. The zero-order valence-electron chi connectivity index (χ0n) is 13.3. The highest BCUT2D eigenvalue weighted by atomic mass is 79.9. The molecule has 0 aliphatic heterocycles. The van der Waals surface area contributed by atoms with Gasteiger partial charge in [0.15, 0.2) is 10.3 Å². The second kappa shape index (κ2) is 6.87. The van der Waals surface area contributed by atoms with Crippen molar-refractivity contribution < 1.29 is 4.92 Å². The minimum absolute atomic E-state index is 0.180. The van der Waals surface area contributed by atoms with Gasteiger partial charge in [0.25, 0.3) is 0 Å². The third-order valence-corrected chi connectivity index (χ3v) is 4.67. The summed E-state index contributed by atoms with van der Waals surface area (Å²) in [6.45, 7) is 9.47. The molecule has 0 aliphatic rings. The number of aryl methyl sites for hydroxylation is 1. The fourth-order valence-corrected chi connectivity index (χ4v) is 3.23. The van der Waals surface area contributed by atoms with Crippen LogP contribution in [0.25, 0.3) is 16.0 Å². The first-order valence-electron chi connectivity index (χ1n) is 7.44. The molecular weight excluding hydrogens is 384 g/mol. The lowest BCUT2D eigenvalue weighted by Crippen LogP contribution is -2.02. The average molecular weight is 397 g/mol. The maximum absolute atomic E-state index is 11.0. The molecular formula is C18H13BrN4O2. The molecule has 0 saturated carbocycles. The highest BCUT2D eigenvalue weighted by Gasteiger charge is 2.23. The van der Waals surface area contributed by atoms with E-state index in [-0.39, 0.29) is 5.82 Å². The van der Waals surface area contributed by atoms with Gasteiger partial charge in [-0.25, -0.2) is 4.85 Å². The molecule has 1 aromatic heterocycles. The predicted octanol–water partition coefficient (Wildman–Crippen LogP) is 5.13. The summed E-state index contributed by atoms with van der Waals surface area (Å²) < 4.78 is 2.11. The Balaban J connectivity index is 1.90. The molecule has 1 heterocycles. The Bertz CT molecular complexity index is 987. The Morgan fingerprint density at radius 3 is 2.52 bits per heavy atom. The van der Waals surface area contributed by atoms with Crippen LogP contribution < -0.4 is 0 Å². The highest BCUT2D eigenvalue weighted by molar-refractivity contribution is 9.10. The molecule has 0 aliphatic carbocycles. The molecule has 0 saturated heterocycles. The third kappa shape index (κ3) is 3.30. The molecule has 3 rings (SSSR count). The van der Waals surface area contributed by atoms with Gasteiger partial charge in [-0.1, -0.05) is 48.5 Å². The number of benzene rings is 2. The van der Waals surface area contributed by atoms with Crippen LogP contribution in [0.4, 0.5) is 11.5 Å². The van der Waals surface area contributed by atoms with E-state index in [0.29, 0.717) is 22.7 Å². The summed E-state index contributed by atoms with van der Waals surface area (Å²) in [5.41, 5.74) is 3.45. The summed E-state index contributed by atoms with van der Waals surface area (Å²) >= 11 is 3.26. The van der Waals surface area contributed by atoms with Crippen LogP contribution in [-0.2, 0) is 6.54 Å². The van der Waals surface area contributed by atoms with Crippen LogP contribution in [0.2, 0.25) is 0 Å². The maximum atomic E-state index is 11.0. The van der Waals surface area contributed by atoms with Gasteiger partial charge < -0.3 is 10.1 Å². The van der Waals surface area contributed by atoms with E-state index < -0.39 is 4.92 Å². The Morgan fingerprint density at radius 1 is 1.24 bits per heavy atom. The largest absolute Gasteiger partial charge is 0.396 e. The molecule has 0 unspecified atom stereocenters. The summed E-state index contributed by atoms with van der Waals surface area (Å²) in [5.74, 6) is 0.390. The molecule has 0 spiro atoms. The van der Waals surface area contributed by atoms with Crippen LogP contribution in [0.3, 0.4) is 0 Å². The second-order valence-corrected chi connectivity index (χ2v) is 6.19. The molecule has 0 radical (unpaired) electrons. The Hall–Kier alpha value is -2.98. The van der Waals surface area contributed by atoms with Crippen LogP contribution in [0, 0.1) is 23.6 Å². The number of aromatic nitrogens is 2. The molecule has 0 atom stereocenters. The molecule has 25 heavy (non-hydrogen) atoms. The topological polar surface area (TPSA) is 65.3 Å². The van der Waals surface area contributed by atoms with Crippen molar-refractivity contribution in [1.82, 2.24) is 9.55 Å². The summed E-state index contributed by atoms with van der Waals surface area (Å²) in [7, 11) is 0. The van der Waals surface area contributed by atoms with Crippen molar-refractivity contribution in [2.24, 2.45) is 0 Å². The van der Waals surface area contributed by atoms with Crippen LogP contribution in [0.15, 0.2) is 53.1 Å². The lowest BCUT2D eigenvalue weighted by molar-refractivity contribution is -0.390. The van der Waals surface area contributed by atoms with E-state index in [1.165, 1.54) is 0 Å². The van der Waals surface area contributed by atoms with Gasteiger partial charge in [0.1, 0.15) is 0 Å². The van der Waals surface area contributed by atoms with Gasteiger partial charge in [-0.15, -0.1) is 0 Å². The number of halogens is 1. The molecule has 124 valence electrons. The average Bonchev–Trinajstić information content (AvgIpc) is 2.91. The van der Waals surface area contributed by atoms with E-state index in [4.69, 9.17) is 6.57 Å². The number of rotatable bonds is 4. The Morgan fingerprint density at radius 2 is 1.92 bits per heavy atom. The number of hydrogen-bond donors (Lipinski definition) is 0. The molecule has 0 fully saturated rings. The fraction of sp³-hybridized carbons (Fsp3) is 0.111. The normalized spacial score (nSPS) is 10.4. The molecule has 0 N–H and O–H groups in total. The quantitative estimate of drug-likeness (QED) is 0.348. The number of imidazole rings is 1. The van der Waals surface area contributed by atoms with Crippen LogP contribution >= 0.6 is 15.9 Å². The summed E-state index contributed by atoms with van der Waals surface area (Å²) in [5, 5.41) is 11.0. The van der Waals surface area contributed by atoms with Gasteiger partial charge in [0.2, 0.25) is 5.82 Å². The Kier molecular flexibility index (Phi) is 4.63. The van der Waals surface area contributed by atoms with Gasteiger partial charge in [-0.3, -0.25) is 4.57 Å². The Labute approximate surface area is 152 Å². The minimum Gasteiger partial charge on any atom is -0.358 e. The minimum atomic E-state index is -0.502. The van der Waals surface area contributed by atoms with Crippen molar-refractivity contribution in [1.29, 1.82) is 0 Å². The molecule has 0 bridgehead atoms. The molecule has 3 aromatic rings. The number of hydrogen-bond acceptors (Lipinski definition) is 3. The lowest BCUT2D eigenvalue weighted by atomic mass is 10.0. The number of nitro groups is 1. The zero-order valence-corrected chi connectivity index (χ0v) is 14.9. The van der Waals surface area contributed by atoms with Crippen LogP contribution in [0.1, 0.15) is 11.4 Å². The van der Waals surface area contributed by atoms with E-state index in [1.807, 2.05) is 42.5 Å². The van der Waals surface area contributed by atoms with E-state index >= 15 is 0 Å². The van der Waals surface area contributed by atoms with Gasteiger partial charge in [-0.05, 0) is 42.5 Å². The van der Waals surface area contributed by atoms with Gasteiger partial charge >= 0.3 is 5.82 Å². The van der Waals surface area contributed by atoms with Crippen molar-refractivity contribution in [2.75, 3.05) is 0 Å². The second-order valence-electron chi connectivity index (χ2n) is 5.44. The SMILES string of the molecule is [C-]#[N+]c1ccccc1-c1ccc(Cn2c(C)nc([N+](=O)[O-])c2Br)cc1. The van der Waals surface area contributed by atoms with Gasteiger partial charge in [0, 0.05) is 6.92 Å². The van der Waals surface area contributed by atoms with Gasteiger partial charge in [0.05, 0.1) is 13.1 Å². The number of para-hydroxylation sites is 1. The van der Waals surface area contributed by atoms with Gasteiger partial charge in [-0.2, -0.15) is 0 Å². The first-order valence-corrected chi connectivity index (χ1v) is 8.23. The first-order chi connectivity index (χ1) is 12.0. The van der Waals surface area contributed by atoms with Crippen molar-refractivity contribution in [3.05, 3.63) is 86.1 Å². The maximum Gasteiger partial charge on any atom is 0.396 e. The van der Waals surface area contributed by atoms with E-state index in [9.17, 15) is 10.1 Å². The van der Waals surface area contributed by atoms with E-state index in [0.717, 1.165) is 16.7 Å². The lowest BCUT2D eigenvalue weighted by Gasteiger charge is -2.08. The van der Waals surface area contributed by atoms with E-state index in [1.54, 1.807) is 17.6 Å². The van der Waals surface area contributed by atoms with Crippen molar-refractivity contribution in [3.63, 3.8) is 0 Å². The van der Waals surface area contributed by atoms with Crippen molar-refractivity contribution in [3.8, 4) is 11.1 Å². The molecule has 7 heteroatoms. The summed E-state index contributed by atoms with van der Waals surface area (Å²) in [6, 6.07) is 15.3. The summed E-state index contributed by atoms with van der Waals surface area (Å²) in [6.07, 6.45) is 0. The van der Waals surface area contributed by atoms with Crippen molar-refractivity contribution in [2.45, 2.75) is 13.5 Å². The van der Waals surface area contributed by atoms with Crippen molar-refractivity contribution >= 4 is 27.4 Å². The zero-order chi connectivity index (χ0) is 18.0. The smallest absolute Gasteiger partial charge is 0.358 e. The fourth-order valence-electron chi connectivity index (χ4n) is 2.61. The monoisotopic (exact) mass is 396 g/mol. The van der Waals surface area contributed by atoms with E-state index in [2.05, 4.69) is 25.8 Å². The summed E-state index contributed by atoms with van der Waals surface area (Å²) in [4.78, 5) is 18.0. The first kappa shape index (κ1) is 16.9. The number of nitrogens with zero attached hydrogens (tertiary/aromatic N) is 4. The highest BCUT2D eigenvalue weighted by Crippen LogP contribution is 2.31. The van der Waals surface area contributed by atoms with Crippen LogP contribution in [-0.4, -0.2) is 14.5 Å².